The third-order valence-electron chi connectivity index (χ3n) is 5.40. The van der Waals surface area contributed by atoms with E-state index in [9.17, 15) is 0 Å². The van der Waals surface area contributed by atoms with Gasteiger partial charge in [0, 0.05) is 12.4 Å². The lowest BCUT2D eigenvalue weighted by atomic mass is 10.4. The van der Waals surface area contributed by atoms with Gasteiger partial charge >= 0.3 is 0 Å². The molecule has 0 amide bonds. The van der Waals surface area contributed by atoms with Crippen molar-refractivity contribution in [2.45, 2.75) is 6.16 Å². The molecule has 2 heterocycles. The van der Waals surface area contributed by atoms with Crippen LogP contribution in [0.15, 0.2) is 122 Å². The maximum Gasteiger partial charge on any atom is 0.137 e. The third-order valence-corrected chi connectivity index (χ3v) is 9.74. The van der Waals surface area contributed by atoms with Crippen LogP contribution in [0.5, 0.6) is 0 Å². The van der Waals surface area contributed by atoms with E-state index >= 15 is 0 Å². The highest BCUT2D eigenvalue weighted by atomic mass is 35.5. The summed E-state index contributed by atoms with van der Waals surface area (Å²) in [5.74, 6) is 0. The summed E-state index contributed by atoms with van der Waals surface area (Å²) in [6.07, 6.45) is 5.14. The van der Waals surface area contributed by atoms with Gasteiger partial charge in [0.15, 0.2) is 0 Å². The number of hydrogen-bond acceptors (Lipinski definition) is 1. The zero-order valence-corrected chi connectivity index (χ0v) is 18.2. The van der Waals surface area contributed by atoms with Crippen LogP contribution < -0.4 is 15.9 Å². The topological polar surface area (TPSA) is 17.3 Å². The fourth-order valence-electron chi connectivity index (χ4n) is 4.07. The zero-order valence-electron chi connectivity index (χ0n) is 16.5. The Kier molecular flexibility index (Phi) is 5.99. The molecule has 30 heavy (non-hydrogen) atoms. The molecule has 2 aromatic heterocycles. The fraction of sp³-hybridized carbons (Fsp3) is 0.0385. The van der Waals surface area contributed by atoms with Crippen LogP contribution in [-0.2, 0) is 6.16 Å². The number of halogens is 1. The van der Waals surface area contributed by atoms with Crippen LogP contribution in [0.4, 0.5) is 0 Å². The third kappa shape index (κ3) is 3.65. The Labute approximate surface area is 184 Å². The second kappa shape index (κ2) is 8.83. The van der Waals surface area contributed by atoms with Crippen LogP contribution in [-0.4, -0.2) is 9.38 Å². The maximum absolute atomic E-state index is 4.96. The second-order valence-electron chi connectivity index (χ2n) is 7.17. The van der Waals surface area contributed by atoms with E-state index in [1.807, 2.05) is 12.1 Å². The number of imidazole rings is 1. The molecular formula is C26H23ClN2P+. The molecule has 0 atom stereocenters. The fourth-order valence-corrected chi connectivity index (χ4v) is 8.20. The van der Waals surface area contributed by atoms with Gasteiger partial charge in [0.25, 0.3) is 0 Å². The van der Waals surface area contributed by atoms with Crippen LogP contribution in [0.2, 0.25) is 0 Å². The molecule has 0 fully saturated rings. The van der Waals surface area contributed by atoms with E-state index in [0.717, 1.165) is 17.5 Å². The molecule has 0 N–H and O–H groups in total. The first-order valence-electron chi connectivity index (χ1n) is 9.84. The average Bonchev–Trinajstić information content (AvgIpc) is 3.22. The number of pyridine rings is 1. The molecule has 0 unspecified atom stereocenters. The molecule has 0 saturated carbocycles. The number of benzene rings is 3. The van der Waals surface area contributed by atoms with Crippen LogP contribution in [0.3, 0.4) is 0 Å². The quantitative estimate of drug-likeness (QED) is 0.349. The minimum atomic E-state index is -1.91. The Morgan fingerprint density at radius 2 is 1.07 bits per heavy atom. The summed E-state index contributed by atoms with van der Waals surface area (Å²) >= 11 is 0. The molecule has 148 valence electrons. The summed E-state index contributed by atoms with van der Waals surface area (Å²) in [7, 11) is -1.91. The van der Waals surface area contributed by atoms with Gasteiger partial charge in [-0.05, 0) is 48.5 Å². The van der Waals surface area contributed by atoms with E-state index in [1.165, 1.54) is 15.9 Å². The van der Waals surface area contributed by atoms with Crippen molar-refractivity contribution in [2.75, 3.05) is 0 Å². The predicted octanol–water partition coefficient (Wildman–Crippen LogP) is 5.25. The van der Waals surface area contributed by atoms with E-state index in [2.05, 4.69) is 114 Å². The molecule has 3 aromatic carbocycles. The van der Waals surface area contributed by atoms with Crippen molar-refractivity contribution < 1.29 is 0 Å². The van der Waals surface area contributed by atoms with Crippen molar-refractivity contribution >= 4 is 41.2 Å². The normalized spacial score (nSPS) is 11.2. The summed E-state index contributed by atoms with van der Waals surface area (Å²) in [6.45, 7) is 0. The Hall–Kier alpha value is -2.93. The Morgan fingerprint density at radius 1 is 0.600 bits per heavy atom. The van der Waals surface area contributed by atoms with Crippen molar-refractivity contribution in [3.63, 3.8) is 0 Å². The van der Waals surface area contributed by atoms with Gasteiger partial charge in [-0.25, -0.2) is 4.98 Å². The maximum atomic E-state index is 4.96. The zero-order chi connectivity index (χ0) is 19.5. The van der Waals surface area contributed by atoms with E-state index in [-0.39, 0.29) is 12.4 Å². The molecule has 0 bridgehead atoms. The van der Waals surface area contributed by atoms with Crippen molar-refractivity contribution in [2.24, 2.45) is 0 Å². The molecule has 0 saturated heterocycles. The van der Waals surface area contributed by atoms with Gasteiger partial charge < -0.3 is 4.40 Å². The minimum absolute atomic E-state index is 0. The smallest absolute Gasteiger partial charge is 0.137 e. The first-order chi connectivity index (χ1) is 14.4. The van der Waals surface area contributed by atoms with Crippen molar-refractivity contribution in [3.05, 3.63) is 127 Å². The van der Waals surface area contributed by atoms with E-state index in [0.29, 0.717) is 0 Å². The summed E-state index contributed by atoms with van der Waals surface area (Å²) in [5, 5.41) is 4.15. The van der Waals surface area contributed by atoms with Gasteiger partial charge in [0.05, 0.1) is 5.69 Å². The molecule has 0 aliphatic heterocycles. The van der Waals surface area contributed by atoms with Gasteiger partial charge in [-0.1, -0.05) is 60.7 Å². The van der Waals surface area contributed by atoms with Gasteiger partial charge in [-0.3, -0.25) is 0 Å². The van der Waals surface area contributed by atoms with Crippen molar-refractivity contribution in [1.29, 1.82) is 0 Å². The summed E-state index contributed by atoms with van der Waals surface area (Å²) in [6, 6.07) is 39.0. The molecule has 2 nitrogen and oxygen atoms in total. The summed E-state index contributed by atoms with van der Waals surface area (Å²) in [4.78, 5) is 4.96. The van der Waals surface area contributed by atoms with Crippen LogP contribution in [0.25, 0.3) is 5.65 Å². The highest BCUT2D eigenvalue weighted by Gasteiger charge is 2.46. The van der Waals surface area contributed by atoms with Gasteiger partial charge in [-0.2, -0.15) is 0 Å². The molecule has 5 rings (SSSR count). The highest BCUT2D eigenvalue weighted by molar-refractivity contribution is 7.95. The Morgan fingerprint density at radius 3 is 1.53 bits per heavy atom. The summed E-state index contributed by atoms with van der Waals surface area (Å²) in [5.41, 5.74) is 2.12. The first-order valence-corrected chi connectivity index (χ1v) is 11.8. The lowest BCUT2D eigenvalue weighted by Crippen LogP contribution is -2.32. The largest absolute Gasteiger partial charge is 0.307 e. The highest BCUT2D eigenvalue weighted by Crippen LogP contribution is 2.57. The molecule has 0 aliphatic carbocycles. The average molecular weight is 430 g/mol. The van der Waals surface area contributed by atoms with Gasteiger partial charge in [-0.15, -0.1) is 12.4 Å². The van der Waals surface area contributed by atoms with E-state index in [1.54, 1.807) is 0 Å². The number of nitrogens with zero attached hydrogens (tertiary/aromatic N) is 2. The van der Waals surface area contributed by atoms with Crippen LogP contribution in [0.1, 0.15) is 5.69 Å². The molecular weight excluding hydrogens is 407 g/mol. The molecule has 4 heteroatoms. The monoisotopic (exact) mass is 429 g/mol. The molecule has 0 radical (unpaired) electrons. The minimum Gasteiger partial charge on any atom is -0.307 e. The van der Waals surface area contributed by atoms with Gasteiger partial charge in [0.1, 0.15) is 35.0 Å². The second-order valence-corrected chi connectivity index (χ2v) is 10.7. The number of hydrogen-bond donors (Lipinski definition) is 0. The lowest BCUT2D eigenvalue weighted by Gasteiger charge is -2.27. The Balaban J connectivity index is 0.00000218. The van der Waals surface area contributed by atoms with Crippen LogP contribution in [0, 0.1) is 0 Å². The first kappa shape index (κ1) is 20.3. The van der Waals surface area contributed by atoms with Crippen LogP contribution >= 0.6 is 19.7 Å². The lowest BCUT2D eigenvalue weighted by molar-refractivity contribution is 1.18. The number of aromatic nitrogens is 2. The SMILES string of the molecule is Cl.c1ccc([P+](Cc2cn3ccccc3n2)(c2ccccc2)c2ccccc2)cc1. The van der Waals surface area contributed by atoms with Crippen molar-refractivity contribution in [3.8, 4) is 0 Å². The molecule has 0 spiro atoms. The predicted molar refractivity (Wildman–Crippen MR) is 131 cm³/mol. The van der Waals surface area contributed by atoms with Crippen molar-refractivity contribution in [1.82, 2.24) is 9.38 Å². The number of fused-ring (bicyclic) bond motifs is 1. The standard InChI is InChI=1S/C26H22N2P.ClH/c1-4-12-23(13-5-1)29(24-14-6-2-7-15-24,25-16-8-3-9-17-25)21-22-20-28-19-11-10-18-26(28)27-22;/h1-20H,21H2;1H/q+1;. The summed E-state index contributed by atoms with van der Waals surface area (Å²) < 4.78 is 2.12. The number of rotatable bonds is 5. The molecule has 0 aliphatic rings. The van der Waals surface area contributed by atoms with E-state index < -0.39 is 7.26 Å². The van der Waals surface area contributed by atoms with Gasteiger partial charge in [0.2, 0.25) is 0 Å². The Bertz CT molecular complexity index is 1090. The van der Waals surface area contributed by atoms with E-state index in [4.69, 9.17) is 4.98 Å². The molecule has 5 aromatic rings.